The van der Waals surface area contributed by atoms with Crippen LogP contribution in [0.15, 0.2) is 53.9 Å². The lowest BCUT2D eigenvalue weighted by molar-refractivity contribution is -0.123. The number of carbonyl (C=O) groups is 2. The third kappa shape index (κ3) is 5.37. The number of fused-ring (bicyclic) bond motifs is 2. The average Bonchev–Trinajstić information content (AvgIpc) is 3.35. The maximum absolute atomic E-state index is 13.5. The van der Waals surface area contributed by atoms with E-state index in [9.17, 15) is 9.59 Å². The van der Waals surface area contributed by atoms with E-state index in [1.165, 1.54) is 11.3 Å². The summed E-state index contributed by atoms with van der Waals surface area (Å²) in [7, 11) is 0. The SMILES string of the molecule is CCCN1CCc2nc3ccccc3c(C(=O)OC(C)C(=O)Nc3nc(-c4ccccc4Cl)cs3)c2C1. The minimum atomic E-state index is -1.02. The van der Waals surface area contributed by atoms with E-state index in [1.54, 1.807) is 13.0 Å². The van der Waals surface area contributed by atoms with Crippen LogP contribution in [-0.4, -0.2) is 45.9 Å². The number of thiazole rings is 1. The number of esters is 1. The number of amides is 1. The second-order valence-electron chi connectivity index (χ2n) is 9.01. The van der Waals surface area contributed by atoms with Crippen molar-refractivity contribution in [3.63, 3.8) is 0 Å². The summed E-state index contributed by atoms with van der Waals surface area (Å²) in [6, 6.07) is 15.0. The van der Waals surface area contributed by atoms with Gasteiger partial charge in [0, 0.05) is 52.1 Å². The van der Waals surface area contributed by atoms with Crippen molar-refractivity contribution in [1.29, 1.82) is 0 Å². The molecule has 37 heavy (non-hydrogen) atoms. The fraction of sp³-hybridized carbons (Fsp3) is 0.286. The maximum Gasteiger partial charge on any atom is 0.339 e. The number of halogens is 1. The standard InChI is InChI=1S/C28H27ClN4O3S/c1-3-13-33-14-12-23-20(15-33)25(19-9-5-7-11-22(19)30-23)27(35)36-17(2)26(34)32-28-31-24(16-37-28)18-8-4-6-10-21(18)29/h4-11,16-17H,3,12-15H2,1-2H3,(H,31,32,34). The molecule has 0 bridgehead atoms. The van der Waals surface area contributed by atoms with Crippen molar-refractivity contribution in [1.82, 2.24) is 14.9 Å². The van der Waals surface area contributed by atoms with Gasteiger partial charge in [0.25, 0.3) is 5.91 Å². The summed E-state index contributed by atoms with van der Waals surface area (Å²) in [6.45, 7) is 6.20. The highest BCUT2D eigenvalue weighted by Gasteiger charge is 2.28. The first kappa shape index (κ1) is 25.3. The Kier molecular flexibility index (Phi) is 7.50. The Hall–Kier alpha value is -3.33. The topological polar surface area (TPSA) is 84.4 Å². The van der Waals surface area contributed by atoms with Gasteiger partial charge in [-0.05, 0) is 32.0 Å². The molecule has 190 valence electrons. The molecule has 4 aromatic rings. The molecule has 1 N–H and O–H groups in total. The number of nitrogens with zero attached hydrogens (tertiary/aromatic N) is 3. The molecule has 2 aromatic heterocycles. The van der Waals surface area contributed by atoms with Crippen LogP contribution in [0.2, 0.25) is 5.02 Å². The van der Waals surface area contributed by atoms with Crippen LogP contribution in [0.4, 0.5) is 5.13 Å². The van der Waals surface area contributed by atoms with Crippen LogP contribution in [0.25, 0.3) is 22.2 Å². The van der Waals surface area contributed by atoms with Gasteiger partial charge in [-0.25, -0.2) is 9.78 Å². The monoisotopic (exact) mass is 534 g/mol. The number of nitrogens with one attached hydrogen (secondary N) is 1. The van der Waals surface area contributed by atoms with Gasteiger partial charge in [0.1, 0.15) is 0 Å². The Morgan fingerprint density at radius 3 is 2.76 bits per heavy atom. The Bertz CT molecular complexity index is 1470. The van der Waals surface area contributed by atoms with E-state index < -0.39 is 18.0 Å². The molecular weight excluding hydrogens is 508 g/mol. The largest absolute Gasteiger partial charge is 0.449 e. The van der Waals surface area contributed by atoms with Gasteiger partial charge in [0.05, 0.1) is 16.8 Å². The zero-order valence-electron chi connectivity index (χ0n) is 20.7. The zero-order chi connectivity index (χ0) is 25.9. The van der Waals surface area contributed by atoms with Crippen LogP contribution in [0.1, 0.15) is 41.9 Å². The molecule has 0 radical (unpaired) electrons. The van der Waals surface area contributed by atoms with E-state index in [2.05, 4.69) is 22.1 Å². The lowest BCUT2D eigenvalue weighted by Crippen LogP contribution is -2.34. The van der Waals surface area contributed by atoms with Gasteiger partial charge >= 0.3 is 5.97 Å². The van der Waals surface area contributed by atoms with Gasteiger partial charge in [0.2, 0.25) is 0 Å². The van der Waals surface area contributed by atoms with Crippen molar-refractivity contribution in [3.8, 4) is 11.3 Å². The van der Waals surface area contributed by atoms with Crippen LogP contribution < -0.4 is 5.32 Å². The van der Waals surface area contributed by atoms with Crippen LogP contribution in [0, 0.1) is 0 Å². The normalized spacial score (nSPS) is 14.2. The molecule has 0 aliphatic carbocycles. The molecule has 7 nitrogen and oxygen atoms in total. The summed E-state index contributed by atoms with van der Waals surface area (Å²) in [5.74, 6) is -0.972. The number of pyridine rings is 1. The van der Waals surface area contributed by atoms with Crippen molar-refractivity contribution in [3.05, 3.63) is 75.8 Å². The Morgan fingerprint density at radius 2 is 1.95 bits per heavy atom. The van der Waals surface area contributed by atoms with Crippen molar-refractivity contribution < 1.29 is 14.3 Å². The number of hydrogen-bond donors (Lipinski definition) is 1. The number of aromatic nitrogens is 2. The Labute approximate surface area is 224 Å². The molecular formula is C28H27ClN4O3S. The first-order valence-corrected chi connectivity index (χ1v) is 13.6. The van der Waals surface area contributed by atoms with Crippen molar-refractivity contribution in [2.24, 2.45) is 0 Å². The summed E-state index contributed by atoms with van der Waals surface area (Å²) in [5.41, 5.74) is 4.51. The lowest BCUT2D eigenvalue weighted by Gasteiger charge is -2.29. The second-order valence-corrected chi connectivity index (χ2v) is 10.3. The van der Waals surface area contributed by atoms with Gasteiger partial charge in [-0.2, -0.15) is 0 Å². The number of rotatable bonds is 7. The van der Waals surface area contributed by atoms with E-state index in [1.807, 2.05) is 47.8 Å². The summed E-state index contributed by atoms with van der Waals surface area (Å²) in [6.07, 6.45) is 0.786. The number of hydrogen-bond acceptors (Lipinski definition) is 7. The highest BCUT2D eigenvalue weighted by molar-refractivity contribution is 7.14. The molecule has 0 saturated carbocycles. The minimum Gasteiger partial charge on any atom is -0.449 e. The highest BCUT2D eigenvalue weighted by atomic mass is 35.5. The fourth-order valence-electron chi connectivity index (χ4n) is 4.59. The molecule has 1 amide bonds. The van der Waals surface area contributed by atoms with Crippen LogP contribution in [-0.2, 0) is 22.5 Å². The third-order valence-corrected chi connectivity index (χ3v) is 7.49. The van der Waals surface area contributed by atoms with Gasteiger partial charge in [-0.15, -0.1) is 11.3 Å². The molecule has 5 rings (SSSR count). The Balaban J connectivity index is 1.35. The number of para-hydroxylation sites is 1. The lowest BCUT2D eigenvalue weighted by atomic mass is 9.95. The average molecular weight is 535 g/mol. The summed E-state index contributed by atoms with van der Waals surface area (Å²) >= 11 is 7.55. The van der Waals surface area contributed by atoms with Gasteiger partial charge < -0.3 is 4.74 Å². The molecule has 9 heteroatoms. The highest BCUT2D eigenvalue weighted by Crippen LogP contribution is 2.31. The molecule has 0 spiro atoms. The van der Waals surface area contributed by atoms with Crippen LogP contribution in [0.3, 0.4) is 0 Å². The van der Waals surface area contributed by atoms with Crippen LogP contribution in [0.5, 0.6) is 0 Å². The minimum absolute atomic E-state index is 0.407. The van der Waals surface area contributed by atoms with E-state index in [4.69, 9.17) is 21.3 Å². The number of anilines is 1. The first-order chi connectivity index (χ1) is 17.9. The first-order valence-electron chi connectivity index (χ1n) is 12.3. The number of ether oxygens (including phenoxy) is 1. The van der Waals surface area contributed by atoms with Crippen molar-refractivity contribution in [2.75, 3.05) is 18.4 Å². The smallest absolute Gasteiger partial charge is 0.339 e. The molecule has 3 heterocycles. The van der Waals surface area contributed by atoms with Crippen molar-refractivity contribution in [2.45, 2.75) is 39.3 Å². The number of benzene rings is 2. The van der Waals surface area contributed by atoms with Gasteiger partial charge in [-0.1, -0.05) is 54.9 Å². The molecule has 0 saturated heterocycles. The quantitative estimate of drug-likeness (QED) is 0.294. The summed E-state index contributed by atoms with van der Waals surface area (Å²) in [5, 5.41) is 6.31. The third-order valence-electron chi connectivity index (χ3n) is 6.41. The van der Waals surface area contributed by atoms with Crippen molar-refractivity contribution >= 4 is 50.8 Å². The van der Waals surface area contributed by atoms with Gasteiger partial charge in [-0.3, -0.25) is 20.0 Å². The zero-order valence-corrected chi connectivity index (χ0v) is 22.2. The number of carbonyl (C=O) groups excluding carboxylic acids is 2. The van der Waals surface area contributed by atoms with E-state index in [0.717, 1.165) is 53.7 Å². The molecule has 0 fully saturated rings. The van der Waals surface area contributed by atoms with Crippen LogP contribution >= 0.6 is 22.9 Å². The molecule has 1 atom stereocenters. The fourth-order valence-corrected chi connectivity index (χ4v) is 5.54. The van der Waals surface area contributed by atoms with Gasteiger partial charge in [0.15, 0.2) is 11.2 Å². The molecule has 1 aliphatic heterocycles. The second kappa shape index (κ2) is 11.0. The predicted octanol–water partition coefficient (Wildman–Crippen LogP) is 5.96. The van der Waals surface area contributed by atoms with E-state index in [0.29, 0.717) is 28.0 Å². The molecule has 2 aromatic carbocycles. The summed E-state index contributed by atoms with van der Waals surface area (Å²) < 4.78 is 5.71. The Morgan fingerprint density at radius 1 is 1.16 bits per heavy atom. The molecule has 1 unspecified atom stereocenters. The summed E-state index contributed by atoms with van der Waals surface area (Å²) in [4.78, 5) is 38.1. The maximum atomic E-state index is 13.5. The predicted molar refractivity (Wildman–Crippen MR) is 147 cm³/mol. The van der Waals surface area contributed by atoms with E-state index in [-0.39, 0.29) is 0 Å². The van der Waals surface area contributed by atoms with E-state index >= 15 is 0 Å². The molecule has 1 aliphatic rings.